The Morgan fingerprint density at radius 1 is 1.31 bits per heavy atom. The fourth-order valence-corrected chi connectivity index (χ4v) is 1.19. The summed E-state index contributed by atoms with van der Waals surface area (Å²) in [6.45, 7) is 6.56. The first-order chi connectivity index (χ1) is 6.16. The van der Waals surface area contributed by atoms with Crippen molar-refractivity contribution in [3.05, 3.63) is 0 Å². The van der Waals surface area contributed by atoms with Gasteiger partial charge in [0.2, 0.25) is 0 Å². The Morgan fingerprint density at radius 2 is 2.00 bits per heavy atom. The lowest BCUT2D eigenvalue weighted by Gasteiger charge is -2.07. The van der Waals surface area contributed by atoms with Gasteiger partial charge in [0.15, 0.2) is 0 Å². The molecule has 0 amide bonds. The van der Waals surface area contributed by atoms with Crippen LogP contribution in [0.25, 0.3) is 0 Å². The fourth-order valence-electron chi connectivity index (χ4n) is 1.19. The Balaban J connectivity index is 3.04. The molecule has 0 saturated heterocycles. The van der Waals surface area contributed by atoms with Crippen LogP contribution in [0.2, 0.25) is 0 Å². The van der Waals surface area contributed by atoms with Crippen LogP contribution in [-0.4, -0.2) is 12.6 Å². The van der Waals surface area contributed by atoms with Gasteiger partial charge in [0.1, 0.15) is 0 Å². The molecule has 78 valence electrons. The van der Waals surface area contributed by atoms with E-state index in [1.54, 1.807) is 0 Å². The summed E-state index contributed by atoms with van der Waals surface area (Å²) in [7, 11) is 0. The lowest BCUT2D eigenvalue weighted by molar-refractivity contribution is -0.141. The van der Waals surface area contributed by atoms with Crippen molar-refractivity contribution in [2.45, 2.75) is 52.9 Å². The third kappa shape index (κ3) is 9.38. The highest BCUT2D eigenvalue weighted by atomic mass is 16.5. The first-order valence-corrected chi connectivity index (χ1v) is 5.30. The van der Waals surface area contributed by atoms with E-state index in [4.69, 9.17) is 4.74 Å². The summed E-state index contributed by atoms with van der Waals surface area (Å²) in [5.41, 5.74) is 0. The van der Waals surface area contributed by atoms with Gasteiger partial charge in [-0.2, -0.15) is 0 Å². The Morgan fingerprint density at radius 3 is 2.54 bits per heavy atom. The molecule has 0 unspecified atom stereocenters. The zero-order valence-electron chi connectivity index (χ0n) is 9.14. The van der Waals surface area contributed by atoms with Gasteiger partial charge in [0.05, 0.1) is 6.61 Å². The maximum absolute atomic E-state index is 10.4. The largest absolute Gasteiger partial charge is 0.466 e. The highest BCUT2D eigenvalue weighted by Gasteiger charge is 1.98. The number of rotatable bonds is 7. The van der Waals surface area contributed by atoms with E-state index in [0.717, 1.165) is 12.3 Å². The molecule has 0 radical (unpaired) electrons. The maximum Gasteiger partial charge on any atom is 0.302 e. The van der Waals surface area contributed by atoms with E-state index >= 15 is 0 Å². The zero-order chi connectivity index (χ0) is 10.1. The molecular weight excluding hydrogens is 164 g/mol. The van der Waals surface area contributed by atoms with Crippen LogP contribution < -0.4 is 0 Å². The van der Waals surface area contributed by atoms with Crippen molar-refractivity contribution < 1.29 is 9.53 Å². The van der Waals surface area contributed by atoms with Gasteiger partial charge in [-0.05, 0) is 12.3 Å². The zero-order valence-corrected chi connectivity index (χ0v) is 9.14. The maximum atomic E-state index is 10.4. The van der Waals surface area contributed by atoms with Gasteiger partial charge in [0, 0.05) is 6.92 Å². The molecule has 0 bridgehead atoms. The van der Waals surface area contributed by atoms with Crippen LogP contribution in [0, 0.1) is 5.92 Å². The van der Waals surface area contributed by atoms with E-state index in [2.05, 4.69) is 13.8 Å². The third-order valence-corrected chi connectivity index (χ3v) is 2.34. The Hall–Kier alpha value is -0.530. The van der Waals surface area contributed by atoms with Crippen molar-refractivity contribution in [1.82, 2.24) is 0 Å². The minimum Gasteiger partial charge on any atom is -0.466 e. The van der Waals surface area contributed by atoms with Crippen molar-refractivity contribution in [2.75, 3.05) is 6.61 Å². The minimum absolute atomic E-state index is 0.165. The van der Waals surface area contributed by atoms with Gasteiger partial charge in [-0.15, -0.1) is 0 Å². The van der Waals surface area contributed by atoms with Crippen LogP contribution in [0.15, 0.2) is 0 Å². The molecule has 0 rings (SSSR count). The highest BCUT2D eigenvalue weighted by Crippen LogP contribution is 2.11. The topological polar surface area (TPSA) is 26.3 Å². The summed E-state index contributed by atoms with van der Waals surface area (Å²) < 4.78 is 4.84. The Labute approximate surface area is 81.7 Å². The van der Waals surface area contributed by atoms with Crippen molar-refractivity contribution >= 4 is 5.97 Å². The van der Waals surface area contributed by atoms with Crippen molar-refractivity contribution in [3.8, 4) is 0 Å². The SMILES string of the molecule is CC[C@H](C)CCCCCOC(C)=O. The second kappa shape index (κ2) is 8.09. The molecule has 0 saturated carbocycles. The van der Waals surface area contributed by atoms with E-state index in [1.807, 2.05) is 0 Å². The van der Waals surface area contributed by atoms with Gasteiger partial charge in [0.25, 0.3) is 0 Å². The van der Waals surface area contributed by atoms with Crippen LogP contribution in [0.1, 0.15) is 52.9 Å². The van der Waals surface area contributed by atoms with Gasteiger partial charge < -0.3 is 4.74 Å². The quantitative estimate of drug-likeness (QED) is 0.451. The second-order valence-corrected chi connectivity index (χ2v) is 3.70. The van der Waals surface area contributed by atoms with Gasteiger partial charge in [-0.1, -0.05) is 39.5 Å². The predicted molar refractivity (Wildman–Crippen MR) is 54.6 cm³/mol. The normalized spacial score (nSPS) is 12.5. The molecule has 0 spiro atoms. The molecule has 13 heavy (non-hydrogen) atoms. The number of hydrogen-bond donors (Lipinski definition) is 0. The van der Waals surface area contributed by atoms with E-state index < -0.39 is 0 Å². The van der Waals surface area contributed by atoms with Crippen molar-refractivity contribution in [1.29, 1.82) is 0 Å². The van der Waals surface area contributed by atoms with Gasteiger partial charge in [-0.3, -0.25) is 4.79 Å². The molecule has 0 aliphatic carbocycles. The summed E-state index contributed by atoms with van der Waals surface area (Å²) in [5.74, 6) is 0.677. The second-order valence-electron chi connectivity index (χ2n) is 3.70. The summed E-state index contributed by atoms with van der Waals surface area (Å²) in [6.07, 6.45) is 6.02. The van der Waals surface area contributed by atoms with E-state index in [9.17, 15) is 4.79 Å². The smallest absolute Gasteiger partial charge is 0.302 e. The molecule has 0 aromatic carbocycles. The van der Waals surface area contributed by atoms with Gasteiger partial charge in [-0.25, -0.2) is 0 Å². The molecule has 1 atom stereocenters. The molecular formula is C11H22O2. The van der Waals surface area contributed by atoms with Crippen molar-refractivity contribution in [3.63, 3.8) is 0 Å². The molecule has 0 aromatic rings. The Bertz CT molecular complexity index is 132. The number of unbranched alkanes of at least 4 members (excludes halogenated alkanes) is 2. The number of carbonyl (C=O) groups is 1. The molecule has 0 fully saturated rings. The first kappa shape index (κ1) is 12.5. The van der Waals surface area contributed by atoms with Gasteiger partial charge >= 0.3 is 5.97 Å². The van der Waals surface area contributed by atoms with Crippen LogP contribution in [-0.2, 0) is 9.53 Å². The molecule has 0 aliphatic rings. The summed E-state index contributed by atoms with van der Waals surface area (Å²) in [4.78, 5) is 10.4. The lowest BCUT2D eigenvalue weighted by atomic mass is 10.0. The summed E-state index contributed by atoms with van der Waals surface area (Å²) in [6, 6.07) is 0. The molecule has 0 aliphatic heterocycles. The van der Waals surface area contributed by atoms with Crippen molar-refractivity contribution in [2.24, 2.45) is 5.92 Å². The molecule has 0 N–H and O–H groups in total. The predicted octanol–water partition coefficient (Wildman–Crippen LogP) is 3.16. The number of hydrogen-bond acceptors (Lipinski definition) is 2. The molecule has 2 nitrogen and oxygen atoms in total. The Kier molecular flexibility index (Phi) is 7.76. The van der Waals surface area contributed by atoms with E-state index in [-0.39, 0.29) is 5.97 Å². The molecule has 0 heterocycles. The minimum atomic E-state index is -0.165. The van der Waals surface area contributed by atoms with Crippen LogP contribution in [0.5, 0.6) is 0 Å². The van der Waals surface area contributed by atoms with Crippen LogP contribution in [0.3, 0.4) is 0 Å². The third-order valence-electron chi connectivity index (χ3n) is 2.34. The lowest BCUT2D eigenvalue weighted by Crippen LogP contribution is -2.00. The summed E-state index contributed by atoms with van der Waals surface area (Å²) >= 11 is 0. The average molecular weight is 186 g/mol. The number of esters is 1. The molecule has 2 heteroatoms. The van der Waals surface area contributed by atoms with E-state index in [0.29, 0.717) is 6.61 Å². The monoisotopic (exact) mass is 186 g/mol. The van der Waals surface area contributed by atoms with Crippen LogP contribution >= 0.6 is 0 Å². The number of ether oxygens (including phenoxy) is 1. The number of carbonyl (C=O) groups excluding carboxylic acids is 1. The van der Waals surface area contributed by atoms with Crippen LogP contribution in [0.4, 0.5) is 0 Å². The average Bonchev–Trinajstić information content (AvgIpc) is 2.10. The fraction of sp³-hybridized carbons (Fsp3) is 0.909. The van der Waals surface area contributed by atoms with E-state index in [1.165, 1.54) is 32.6 Å². The first-order valence-electron chi connectivity index (χ1n) is 5.30. The standard InChI is InChI=1S/C11H22O2/c1-4-10(2)8-6-5-7-9-13-11(3)12/h10H,4-9H2,1-3H3/t10-/m0/s1. The summed E-state index contributed by atoms with van der Waals surface area (Å²) in [5, 5.41) is 0. The molecule has 0 aromatic heterocycles. The highest BCUT2D eigenvalue weighted by molar-refractivity contribution is 5.65.